The van der Waals surface area contributed by atoms with Crippen LogP contribution in [0.1, 0.15) is 6.92 Å². The Labute approximate surface area is 132 Å². The maximum absolute atomic E-state index is 6.18. The normalized spacial score (nSPS) is 10.8. The number of rotatable bonds is 4. The molecule has 3 rings (SSSR count). The highest BCUT2D eigenvalue weighted by molar-refractivity contribution is 7.99. The summed E-state index contributed by atoms with van der Waals surface area (Å²) in [5.41, 5.74) is 0.901. The van der Waals surface area contributed by atoms with E-state index in [9.17, 15) is 0 Å². The molecule has 21 heavy (non-hydrogen) atoms. The first kappa shape index (κ1) is 14.1. The van der Waals surface area contributed by atoms with Crippen molar-refractivity contribution in [1.82, 2.24) is 15.0 Å². The third-order valence-corrected chi connectivity index (χ3v) is 4.26. The summed E-state index contributed by atoms with van der Waals surface area (Å²) in [5.74, 6) is 0.616. The van der Waals surface area contributed by atoms with Crippen LogP contribution >= 0.6 is 23.4 Å². The van der Waals surface area contributed by atoms with Crippen LogP contribution in [0.5, 0.6) is 0 Å². The molecule has 4 nitrogen and oxygen atoms in total. The first-order valence-electron chi connectivity index (χ1n) is 6.57. The van der Waals surface area contributed by atoms with Crippen molar-refractivity contribution in [2.24, 2.45) is 0 Å². The molecule has 0 unspecified atom stereocenters. The number of anilines is 1. The average molecular weight is 317 g/mol. The second-order valence-electron chi connectivity index (χ2n) is 4.29. The molecular formula is C15H13ClN4S. The average Bonchev–Trinajstić information content (AvgIpc) is 2.50. The molecule has 0 amide bonds. The summed E-state index contributed by atoms with van der Waals surface area (Å²) in [6.07, 6.45) is 1.72. The zero-order valence-electron chi connectivity index (χ0n) is 11.4. The monoisotopic (exact) mass is 316 g/mol. The van der Waals surface area contributed by atoms with Crippen molar-refractivity contribution in [2.75, 3.05) is 11.9 Å². The fourth-order valence-corrected chi connectivity index (χ4v) is 3.01. The molecule has 0 aliphatic rings. The molecule has 0 spiro atoms. The number of nitrogens with zero attached hydrogens (tertiary/aromatic N) is 3. The van der Waals surface area contributed by atoms with Gasteiger partial charge in [0.15, 0.2) is 0 Å². The topological polar surface area (TPSA) is 50.7 Å². The largest absolute Gasteiger partial charge is 0.354 e. The van der Waals surface area contributed by atoms with Crippen LogP contribution in [-0.2, 0) is 0 Å². The smallest absolute Gasteiger partial charge is 0.224 e. The molecule has 6 heteroatoms. The van der Waals surface area contributed by atoms with Crippen LogP contribution in [0, 0.1) is 0 Å². The van der Waals surface area contributed by atoms with Crippen LogP contribution < -0.4 is 5.32 Å². The zero-order valence-corrected chi connectivity index (χ0v) is 12.9. The first-order valence-corrected chi connectivity index (χ1v) is 7.76. The lowest BCUT2D eigenvalue weighted by atomic mass is 10.2. The third kappa shape index (κ3) is 3.09. The van der Waals surface area contributed by atoms with E-state index >= 15 is 0 Å². The van der Waals surface area contributed by atoms with Crippen molar-refractivity contribution < 1.29 is 0 Å². The second kappa shape index (κ2) is 6.28. The van der Waals surface area contributed by atoms with E-state index in [4.69, 9.17) is 11.6 Å². The minimum atomic E-state index is 0.616. The molecule has 3 aromatic rings. The van der Waals surface area contributed by atoms with Gasteiger partial charge in [0.2, 0.25) is 5.95 Å². The van der Waals surface area contributed by atoms with Crippen molar-refractivity contribution >= 4 is 40.2 Å². The SMILES string of the molecule is CCNc1nc(Sc2ncccc2Cl)c2ccccc2n1. The van der Waals surface area contributed by atoms with Gasteiger partial charge in [0, 0.05) is 18.1 Å². The number of hydrogen-bond donors (Lipinski definition) is 1. The van der Waals surface area contributed by atoms with E-state index in [0.717, 1.165) is 27.5 Å². The van der Waals surface area contributed by atoms with E-state index in [2.05, 4.69) is 20.3 Å². The lowest BCUT2D eigenvalue weighted by Crippen LogP contribution is -2.03. The van der Waals surface area contributed by atoms with Crippen LogP contribution in [0.15, 0.2) is 52.6 Å². The Morgan fingerprint density at radius 1 is 1.10 bits per heavy atom. The van der Waals surface area contributed by atoms with Crippen molar-refractivity contribution in [3.8, 4) is 0 Å². The third-order valence-electron chi connectivity index (χ3n) is 2.82. The summed E-state index contributed by atoms with van der Waals surface area (Å²) in [7, 11) is 0. The lowest BCUT2D eigenvalue weighted by molar-refractivity contribution is 1.04. The maximum Gasteiger partial charge on any atom is 0.224 e. The first-order chi connectivity index (χ1) is 10.3. The fraction of sp³-hybridized carbons (Fsp3) is 0.133. The minimum absolute atomic E-state index is 0.616. The zero-order chi connectivity index (χ0) is 14.7. The Kier molecular flexibility index (Phi) is 4.22. The van der Waals surface area contributed by atoms with E-state index in [1.54, 1.807) is 6.20 Å². The number of halogens is 1. The molecule has 1 aromatic carbocycles. The van der Waals surface area contributed by atoms with Gasteiger partial charge in [-0.2, -0.15) is 0 Å². The van der Waals surface area contributed by atoms with Crippen LogP contribution in [0.2, 0.25) is 5.02 Å². The summed E-state index contributed by atoms with van der Waals surface area (Å²) in [5, 5.41) is 6.35. The molecule has 0 saturated carbocycles. The second-order valence-corrected chi connectivity index (χ2v) is 5.68. The molecule has 0 saturated heterocycles. The van der Waals surface area contributed by atoms with Gasteiger partial charge in [-0.3, -0.25) is 0 Å². The fourth-order valence-electron chi connectivity index (χ4n) is 1.90. The molecular weight excluding hydrogens is 304 g/mol. The standard InChI is InChI=1S/C15H13ClN4S/c1-2-17-15-19-12-8-4-3-6-10(12)13(20-15)21-14-11(16)7-5-9-18-14/h3-9H,2H2,1H3,(H,17,19,20). The van der Waals surface area contributed by atoms with Gasteiger partial charge in [-0.05, 0) is 36.9 Å². The van der Waals surface area contributed by atoms with Gasteiger partial charge in [-0.25, -0.2) is 15.0 Å². The van der Waals surface area contributed by atoms with Crippen molar-refractivity contribution in [2.45, 2.75) is 17.0 Å². The van der Waals surface area contributed by atoms with E-state index < -0.39 is 0 Å². The van der Waals surface area contributed by atoms with E-state index in [-0.39, 0.29) is 0 Å². The Bertz CT molecular complexity index is 778. The van der Waals surface area contributed by atoms with Gasteiger partial charge in [-0.1, -0.05) is 29.8 Å². The Morgan fingerprint density at radius 3 is 2.76 bits per heavy atom. The quantitative estimate of drug-likeness (QED) is 0.729. The molecule has 2 aromatic heterocycles. The number of pyridine rings is 1. The molecule has 0 radical (unpaired) electrons. The molecule has 0 atom stereocenters. The van der Waals surface area contributed by atoms with Crippen LogP contribution in [0.3, 0.4) is 0 Å². The predicted octanol–water partition coefficient (Wildman–Crippen LogP) is 4.26. The molecule has 0 bridgehead atoms. The van der Waals surface area contributed by atoms with Crippen molar-refractivity contribution in [1.29, 1.82) is 0 Å². The van der Waals surface area contributed by atoms with Crippen LogP contribution in [-0.4, -0.2) is 21.5 Å². The van der Waals surface area contributed by atoms with Gasteiger partial charge in [-0.15, -0.1) is 0 Å². The van der Waals surface area contributed by atoms with Gasteiger partial charge < -0.3 is 5.32 Å². The van der Waals surface area contributed by atoms with Gasteiger partial charge in [0.05, 0.1) is 10.5 Å². The minimum Gasteiger partial charge on any atom is -0.354 e. The highest BCUT2D eigenvalue weighted by Crippen LogP contribution is 2.34. The molecule has 0 aliphatic carbocycles. The van der Waals surface area contributed by atoms with Gasteiger partial charge in [0.1, 0.15) is 10.1 Å². The number of nitrogens with one attached hydrogen (secondary N) is 1. The summed E-state index contributed by atoms with van der Waals surface area (Å²) >= 11 is 7.63. The molecule has 2 heterocycles. The number of hydrogen-bond acceptors (Lipinski definition) is 5. The summed E-state index contributed by atoms with van der Waals surface area (Å²) < 4.78 is 0. The van der Waals surface area contributed by atoms with Crippen LogP contribution in [0.25, 0.3) is 10.9 Å². The highest BCUT2D eigenvalue weighted by atomic mass is 35.5. The number of benzene rings is 1. The molecule has 0 aliphatic heterocycles. The van der Waals surface area contributed by atoms with Gasteiger partial charge >= 0.3 is 0 Å². The molecule has 0 fully saturated rings. The number of aromatic nitrogens is 3. The van der Waals surface area contributed by atoms with Crippen LogP contribution in [0.4, 0.5) is 5.95 Å². The van der Waals surface area contributed by atoms with Gasteiger partial charge in [0.25, 0.3) is 0 Å². The molecule has 106 valence electrons. The van der Waals surface area contributed by atoms with E-state index in [1.807, 2.05) is 43.3 Å². The Hall–Kier alpha value is -1.85. The number of fused-ring (bicyclic) bond motifs is 1. The van der Waals surface area contributed by atoms with Crippen molar-refractivity contribution in [3.05, 3.63) is 47.6 Å². The van der Waals surface area contributed by atoms with E-state index in [1.165, 1.54) is 11.8 Å². The molecule has 1 N–H and O–H groups in total. The lowest BCUT2D eigenvalue weighted by Gasteiger charge is -2.09. The van der Waals surface area contributed by atoms with E-state index in [0.29, 0.717) is 11.0 Å². The highest BCUT2D eigenvalue weighted by Gasteiger charge is 2.11. The Balaban J connectivity index is 2.09. The summed E-state index contributed by atoms with van der Waals surface area (Å²) in [6.45, 7) is 2.79. The number of para-hydroxylation sites is 1. The van der Waals surface area contributed by atoms with Crippen molar-refractivity contribution in [3.63, 3.8) is 0 Å². The summed E-state index contributed by atoms with van der Waals surface area (Å²) in [6, 6.07) is 11.6. The maximum atomic E-state index is 6.18. The summed E-state index contributed by atoms with van der Waals surface area (Å²) in [4.78, 5) is 13.4. The predicted molar refractivity (Wildman–Crippen MR) is 87.1 cm³/mol. The Morgan fingerprint density at radius 2 is 1.95 bits per heavy atom.